The highest BCUT2D eigenvalue weighted by molar-refractivity contribution is 4.96. The highest BCUT2D eigenvalue weighted by Crippen LogP contribution is 2.31. The summed E-state index contributed by atoms with van der Waals surface area (Å²) in [6, 6.07) is 4.53. The first-order valence-corrected chi connectivity index (χ1v) is 5.03. The number of unbranched alkanes of at least 4 members (excludes halogenated alkanes) is 2. The minimum absolute atomic E-state index is 0.130. The van der Waals surface area contributed by atoms with Gasteiger partial charge in [0.15, 0.2) is 0 Å². The van der Waals surface area contributed by atoms with Gasteiger partial charge in [0.2, 0.25) is 0 Å². The molecule has 2 nitrogen and oxygen atoms in total. The lowest BCUT2D eigenvalue weighted by Crippen LogP contribution is -2.15. The van der Waals surface area contributed by atoms with Crippen LogP contribution in [-0.2, 0) is 0 Å². The molecule has 0 aromatic rings. The molecule has 0 saturated carbocycles. The standard InChI is InChI=1S/C11H18N2/c1-3-11(4-2,10-13)8-6-5-7-9-12/h3-8H2,1-2H3. The summed E-state index contributed by atoms with van der Waals surface area (Å²) in [5.74, 6) is 0. The van der Waals surface area contributed by atoms with E-state index in [-0.39, 0.29) is 5.41 Å². The smallest absolute Gasteiger partial charge is 0.0689 e. The number of hydrogen-bond acceptors (Lipinski definition) is 2. The molecular weight excluding hydrogens is 160 g/mol. The van der Waals surface area contributed by atoms with Gasteiger partial charge >= 0.3 is 0 Å². The van der Waals surface area contributed by atoms with Crippen LogP contribution in [-0.4, -0.2) is 0 Å². The van der Waals surface area contributed by atoms with Crippen LogP contribution in [0, 0.1) is 28.1 Å². The lowest BCUT2D eigenvalue weighted by atomic mass is 9.79. The van der Waals surface area contributed by atoms with Crippen LogP contribution < -0.4 is 0 Å². The molecule has 0 saturated heterocycles. The Bertz CT molecular complexity index is 203. The van der Waals surface area contributed by atoms with E-state index in [1.54, 1.807) is 0 Å². The quantitative estimate of drug-likeness (QED) is 0.585. The van der Waals surface area contributed by atoms with Gasteiger partial charge in [0.1, 0.15) is 0 Å². The van der Waals surface area contributed by atoms with Crippen LogP contribution in [0.3, 0.4) is 0 Å². The fraction of sp³-hybridized carbons (Fsp3) is 0.818. The first kappa shape index (κ1) is 12.0. The zero-order valence-electron chi connectivity index (χ0n) is 8.64. The summed E-state index contributed by atoms with van der Waals surface area (Å²) in [4.78, 5) is 0. The van der Waals surface area contributed by atoms with Crippen molar-refractivity contribution in [3.05, 3.63) is 0 Å². The largest absolute Gasteiger partial charge is 0.198 e. The second-order valence-electron chi connectivity index (χ2n) is 3.46. The zero-order valence-corrected chi connectivity index (χ0v) is 8.64. The van der Waals surface area contributed by atoms with Gasteiger partial charge in [0, 0.05) is 6.42 Å². The van der Waals surface area contributed by atoms with E-state index in [0.717, 1.165) is 32.1 Å². The van der Waals surface area contributed by atoms with Crippen LogP contribution in [0.15, 0.2) is 0 Å². The summed E-state index contributed by atoms with van der Waals surface area (Å²) in [6.07, 6.45) is 5.34. The molecule has 13 heavy (non-hydrogen) atoms. The molecule has 0 atom stereocenters. The lowest BCUT2D eigenvalue weighted by Gasteiger charge is -2.22. The van der Waals surface area contributed by atoms with Gasteiger partial charge in [-0.3, -0.25) is 0 Å². The van der Waals surface area contributed by atoms with E-state index in [4.69, 9.17) is 10.5 Å². The van der Waals surface area contributed by atoms with Crippen LogP contribution in [0.25, 0.3) is 0 Å². The number of nitrogens with zero attached hydrogens (tertiary/aromatic N) is 2. The van der Waals surface area contributed by atoms with Crippen molar-refractivity contribution in [3.8, 4) is 12.1 Å². The Balaban J connectivity index is 3.85. The van der Waals surface area contributed by atoms with Crippen LogP contribution in [0.2, 0.25) is 0 Å². The average Bonchev–Trinajstić information content (AvgIpc) is 2.20. The molecule has 0 aromatic heterocycles. The van der Waals surface area contributed by atoms with E-state index in [2.05, 4.69) is 26.0 Å². The maximum atomic E-state index is 9.02. The van der Waals surface area contributed by atoms with Gasteiger partial charge < -0.3 is 0 Å². The number of hydrogen-bond donors (Lipinski definition) is 0. The number of rotatable bonds is 6. The van der Waals surface area contributed by atoms with Crippen molar-refractivity contribution in [1.82, 2.24) is 0 Å². The molecule has 0 aliphatic carbocycles. The Labute approximate surface area is 81.2 Å². The summed E-state index contributed by atoms with van der Waals surface area (Å²) >= 11 is 0. The Morgan fingerprint density at radius 3 is 2.08 bits per heavy atom. The topological polar surface area (TPSA) is 47.6 Å². The SMILES string of the molecule is CCC(C#N)(CC)CCCCC#N. The molecular formula is C11H18N2. The zero-order chi connectivity index (χ0) is 10.2. The molecule has 0 heterocycles. The van der Waals surface area contributed by atoms with E-state index in [0.29, 0.717) is 6.42 Å². The van der Waals surface area contributed by atoms with E-state index in [1.807, 2.05) is 0 Å². The van der Waals surface area contributed by atoms with Gasteiger partial charge in [-0.1, -0.05) is 20.3 Å². The van der Waals surface area contributed by atoms with Crippen LogP contribution >= 0.6 is 0 Å². The third-order valence-corrected chi connectivity index (χ3v) is 2.78. The summed E-state index contributed by atoms with van der Waals surface area (Å²) in [7, 11) is 0. The summed E-state index contributed by atoms with van der Waals surface area (Å²) in [5.41, 5.74) is -0.130. The molecule has 0 radical (unpaired) electrons. The average molecular weight is 178 g/mol. The molecule has 72 valence electrons. The van der Waals surface area contributed by atoms with Gasteiger partial charge in [0.25, 0.3) is 0 Å². The molecule has 0 aliphatic heterocycles. The first-order chi connectivity index (χ1) is 6.24. The van der Waals surface area contributed by atoms with Crippen molar-refractivity contribution in [3.63, 3.8) is 0 Å². The van der Waals surface area contributed by atoms with Crippen molar-refractivity contribution in [1.29, 1.82) is 10.5 Å². The monoisotopic (exact) mass is 178 g/mol. The van der Waals surface area contributed by atoms with Gasteiger partial charge in [-0.25, -0.2) is 0 Å². The van der Waals surface area contributed by atoms with E-state index >= 15 is 0 Å². The Morgan fingerprint density at radius 2 is 1.69 bits per heavy atom. The fourth-order valence-electron chi connectivity index (χ4n) is 1.49. The predicted octanol–water partition coefficient (Wildman–Crippen LogP) is 3.40. The van der Waals surface area contributed by atoms with Gasteiger partial charge in [-0.15, -0.1) is 0 Å². The maximum Gasteiger partial charge on any atom is 0.0689 e. The predicted molar refractivity (Wildman–Crippen MR) is 52.7 cm³/mol. The minimum atomic E-state index is -0.130. The Hall–Kier alpha value is -1.02. The van der Waals surface area contributed by atoms with Gasteiger partial charge in [-0.05, 0) is 25.7 Å². The molecule has 0 spiro atoms. The van der Waals surface area contributed by atoms with Crippen LogP contribution in [0.4, 0.5) is 0 Å². The fourth-order valence-corrected chi connectivity index (χ4v) is 1.49. The van der Waals surface area contributed by atoms with Crippen molar-refractivity contribution in [2.24, 2.45) is 5.41 Å². The Morgan fingerprint density at radius 1 is 1.08 bits per heavy atom. The molecule has 0 amide bonds. The molecule has 0 aromatic carbocycles. The normalized spacial score (nSPS) is 10.5. The van der Waals surface area contributed by atoms with E-state index < -0.39 is 0 Å². The third-order valence-electron chi connectivity index (χ3n) is 2.78. The highest BCUT2D eigenvalue weighted by Gasteiger charge is 2.24. The lowest BCUT2D eigenvalue weighted by molar-refractivity contribution is 0.324. The van der Waals surface area contributed by atoms with Crippen molar-refractivity contribution >= 4 is 0 Å². The second kappa shape index (κ2) is 6.49. The molecule has 0 aliphatic rings. The van der Waals surface area contributed by atoms with Crippen LogP contribution in [0.1, 0.15) is 52.4 Å². The second-order valence-corrected chi connectivity index (χ2v) is 3.46. The Kier molecular flexibility index (Phi) is 5.98. The molecule has 0 bridgehead atoms. The third kappa shape index (κ3) is 3.95. The molecule has 2 heteroatoms. The summed E-state index contributed by atoms with van der Waals surface area (Å²) in [6.45, 7) is 4.13. The van der Waals surface area contributed by atoms with E-state index in [1.165, 1.54) is 0 Å². The summed E-state index contributed by atoms with van der Waals surface area (Å²) in [5, 5.41) is 17.4. The van der Waals surface area contributed by atoms with Crippen LogP contribution in [0.5, 0.6) is 0 Å². The molecule has 0 unspecified atom stereocenters. The molecule has 0 fully saturated rings. The summed E-state index contributed by atoms with van der Waals surface area (Å²) < 4.78 is 0. The van der Waals surface area contributed by atoms with Gasteiger partial charge in [-0.2, -0.15) is 10.5 Å². The van der Waals surface area contributed by atoms with Gasteiger partial charge in [0.05, 0.1) is 17.6 Å². The minimum Gasteiger partial charge on any atom is -0.198 e. The van der Waals surface area contributed by atoms with Crippen molar-refractivity contribution < 1.29 is 0 Å². The van der Waals surface area contributed by atoms with Crippen molar-refractivity contribution in [2.45, 2.75) is 52.4 Å². The van der Waals surface area contributed by atoms with Crippen molar-refractivity contribution in [2.75, 3.05) is 0 Å². The maximum absolute atomic E-state index is 9.02. The number of nitriles is 2. The first-order valence-electron chi connectivity index (χ1n) is 5.03. The van der Waals surface area contributed by atoms with E-state index in [9.17, 15) is 0 Å². The molecule has 0 rings (SSSR count). The highest BCUT2D eigenvalue weighted by atomic mass is 14.4. The molecule has 0 N–H and O–H groups in total.